The number of nitrogens with zero attached hydrogens (tertiary/aromatic N) is 2. The van der Waals surface area contributed by atoms with Gasteiger partial charge in [-0.15, -0.1) is 0 Å². The van der Waals surface area contributed by atoms with Crippen LogP contribution in [-0.2, 0) is 33.2 Å². The number of ether oxygens (including phenoxy) is 6. The van der Waals surface area contributed by atoms with E-state index < -0.39 is 96.0 Å². The van der Waals surface area contributed by atoms with Crippen molar-refractivity contribution in [2.75, 3.05) is 34.8 Å². The summed E-state index contributed by atoms with van der Waals surface area (Å²) in [4.78, 5) is 18.0. The summed E-state index contributed by atoms with van der Waals surface area (Å²) in [5.41, 5.74) is -4.37. The van der Waals surface area contributed by atoms with Gasteiger partial charge in [-0.25, -0.2) is 0 Å². The predicted molar refractivity (Wildman–Crippen MR) is 194 cm³/mol. The summed E-state index contributed by atoms with van der Waals surface area (Å²) < 4.78 is 37.5. The first-order valence-corrected chi connectivity index (χ1v) is 19.1. The van der Waals surface area contributed by atoms with E-state index in [0.29, 0.717) is 13.0 Å². The molecule has 52 heavy (non-hydrogen) atoms. The SMILES string of the molecule is CC[C@H]1OC(=O)[C@H](C)[C@@H](O[C@H]2C[C@@](C)(OC)[C@@H](O)[C@H](C)O2)C(C)[C@@H](O[C@@H]2O[C@H](C)C[C@H](N(C)C)[C@@H]2O)[C@](C)(O)C[C@@H](C)CN(C)[C@H](C)[C@@H](O)[C@]1(C)O. The Morgan fingerprint density at radius 1 is 0.942 bits per heavy atom. The summed E-state index contributed by atoms with van der Waals surface area (Å²) in [5.74, 6) is -2.58. The van der Waals surface area contributed by atoms with E-state index >= 15 is 0 Å². The molecule has 306 valence electrons. The zero-order valence-corrected chi connectivity index (χ0v) is 34.2. The maximum absolute atomic E-state index is 14.2. The molecule has 3 aliphatic heterocycles. The number of cyclic esters (lactones) is 1. The summed E-state index contributed by atoms with van der Waals surface area (Å²) in [7, 11) is 7.12. The van der Waals surface area contributed by atoms with Crippen molar-refractivity contribution in [2.24, 2.45) is 17.8 Å². The highest BCUT2D eigenvalue weighted by Gasteiger charge is 2.52. The van der Waals surface area contributed by atoms with Crippen molar-refractivity contribution in [3.63, 3.8) is 0 Å². The Hall–Kier alpha value is -1.01. The molecule has 3 rings (SSSR count). The van der Waals surface area contributed by atoms with Gasteiger partial charge in [0.15, 0.2) is 12.6 Å². The van der Waals surface area contributed by atoms with Crippen LogP contribution in [0.25, 0.3) is 0 Å². The normalized spacial score (nSPS) is 49.6. The number of esters is 1. The minimum atomic E-state index is -1.80. The number of methoxy groups -OCH3 is 1. The molecule has 3 aliphatic rings. The standard InChI is InChI=1S/C38H72N2O12/c1-15-27-38(10,46)31(42)24(6)40(13)19-20(2)17-36(8,45)33(52-35-29(41)26(39(11)12)16-21(3)48-35)22(4)30(23(5)34(44)50-27)51-28-18-37(9,47-14)32(43)25(7)49-28/h20-33,35,41-43,45-46H,15-19H2,1-14H3/t20-,21-,22?,23-,24-,25+,26+,27-,28+,29+,30+,31-,32+,33-,35+,36-,37-,38-/m1/s1. The molecular formula is C38H72N2O12. The molecule has 14 nitrogen and oxygen atoms in total. The number of carbonyl (C=O) groups excluding carboxylic acids is 1. The maximum atomic E-state index is 14.2. The number of likely N-dealkylation sites (N-methyl/N-ethyl adjacent to an activating group) is 2. The highest BCUT2D eigenvalue weighted by molar-refractivity contribution is 5.73. The summed E-state index contributed by atoms with van der Waals surface area (Å²) in [5, 5.41) is 58.1. The first-order valence-electron chi connectivity index (χ1n) is 19.1. The van der Waals surface area contributed by atoms with Crippen molar-refractivity contribution >= 4 is 5.97 Å². The smallest absolute Gasteiger partial charge is 0.311 e. The quantitative estimate of drug-likeness (QED) is 0.238. The fraction of sp³-hybridized carbons (Fsp3) is 0.974. The predicted octanol–water partition coefficient (Wildman–Crippen LogP) is 1.90. The first kappa shape index (κ1) is 45.4. The van der Waals surface area contributed by atoms with Crippen LogP contribution in [0.2, 0.25) is 0 Å². The van der Waals surface area contributed by atoms with Crippen LogP contribution in [-0.4, -0.2) is 166 Å². The molecule has 0 saturated carbocycles. The molecule has 0 radical (unpaired) electrons. The van der Waals surface area contributed by atoms with E-state index in [4.69, 9.17) is 28.4 Å². The largest absolute Gasteiger partial charge is 0.459 e. The van der Waals surface area contributed by atoms with Gasteiger partial charge in [0.2, 0.25) is 0 Å². The van der Waals surface area contributed by atoms with Crippen molar-refractivity contribution in [2.45, 2.75) is 185 Å². The van der Waals surface area contributed by atoms with E-state index in [1.165, 1.54) is 14.0 Å². The minimum Gasteiger partial charge on any atom is -0.459 e. The second-order valence-corrected chi connectivity index (χ2v) is 17.2. The summed E-state index contributed by atoms with van der Waals surface area (Å²) in [6.45, 7) is 18.0. The molecule has 3 fully saturated rings. The van der Waals surface area contributed by atoms with Crippen LogP contribution < -0.4 is 0 Å². The van der Waals surface area contributed by atoms with Gasteiger partial charge in [0.25, 0.3) is 0 Å². The lowest BCUT2D eigenvalue weighted by Crippen LogP contribution is -2.60. The van der Waals surface area contributed by atoms with Gasteiger partial charge in [-0.05, 0) is 94.8 Å². The molecule has 3 saturated heterocycles. The van der Waals surface area contributed by atoms with Crippen LogP contribution in [0.15, 0.2) is 0 Å². The van der Waals surface area contributed by atoms with E-state index in [1.807, 2.05) is 51.7 Å². The van der Waals surface area contributed by atoms with Gasteiger partial charge in [-0.2, -0.15) is 0 Å². The average Bonchev–Trinajstić information content (AvgIpc) is 3.05. The molecule has 0 aromatic heterocycles. The van der Waals surface area contributed by atoms with Crippen LogP contribution in [0.5, 0.6) is 0 Å². The van der Waals surface area contributed by atoms with Gasteiger partial charge in [0.05, 0.1) is 41.5 Å². The molecule has 0 spiro atoms. The minimum absolute atomic E-state index is 0.133. The van der Waals surface area contributed by atoms with E-state index in [2.05, 4.69) is 0 Å². The fourth-order valence-electron chi connectivity index (χ4n) is 8.74. The highest BCUT2D eigenvalue weighted by Crippen LogP contribution is 2.40. The summed E-state index contributed by atoms with van der Waals surface area (Å²) >= 11 is 0. The van der Waals surface area contributed by atoms with Gasteiger partial charge >= 0.3 is 5.97 Å². The van der Waals surface area contributed by atoms with Crippen molar-refractivity contribution in [1.82, 2.24) is 9.80 Å². The van der Waals surface area contributed by atoms with E-state index in [0.717, 1.165) is 0 Å². The summed E-state index contributed by atoms with van der Waals surface area (Å²) in [6.07, 6.45) is -8.19. The van der Waals surface area contributed by atoms with Crippen molar-refractivity contribution < 1.29 is 58.7 Å². The average molecular weight is 749 g/mol. The molecule has 1 unspecified atom stereocenters. The number of hydrogen-bond acceptors (Lipinski definition) is 14. The number of rotatable bonds is 7. The highest BCUT2D eigenvalue weighted by atomic mass is 16.7. The van der Waals surface area contributed by atoms with Gasteiger partial charge in [-0.3, -0.25) is 4.79 Å². The zero-order chi connectivity index (χ0) is 39.7. The van der Waals surface area contributed by atoms with Crippen LogP contribution in [0.1, 0.15) is 94.9 Å². The lowest BCUT2D eigenvalue weighted by molar-refractivity contribution is -0.318. The van der Waals surface area contributed by atoms with Crippen molar-refractivity contribution in [1.29, 1.82) is 0 Å². The van der Waals surface area contributed by atoms with Crippen LogP contribution in [0.4, 0.5) is 0 Å². The zero-order valence-electron chi connectivity index (χ0n) is 34.2. The van der Waals surface area contributed by atoms with E-state index in [-0.39, 0.29) is 37.3 Å². The molecule has 14 heteroatoms. The number of carbonyl (C=O) groups is 1. The fourth-order valence-corrected chi connectivity index (χ4v) is 8.74. The van der Waals surface area contributed by atoms with Crippen LogP contribution in [0, 0.1) is 17.8 Å². The summed E-state index contributed by atoms with van der Waals surface area (Å²) in [6, 6.07) is -0.808. The Balaban J connectivity index is 2.17. The van der Waals surface area contributed by atoms with Crippen LogP contribution in [0.3, 0.4) is 0 Å². The Bertz CT molecular complexity index is 1140. The van der Waals surface area contributed by atoms with E-state index in [9.17, 15) is 30.3 Å². The topological polar surface area (TPSA) is 180 Å². The second-order valence-electron chi connectivity index (χ2n) is 17.2. The monoisotopic (exact) mass is 749 g/mol. The molecule has 5 N–H and O–H groups in total. The molecule has 18 atom stereocenters. The lowest BCUT2D eigenvalue weighted by atomic mass is 9.77. The Labute approximate surface area is 312 Å². The third-order valence-corrected chi connectivity index (χ3v) is 12.2. The van der Waals surface area contributed by atoms with Crippen molar-refractivity contribution in [3.8, 4) is 0 Å². The lowest BCUT2D eigenvalue weighted by Gasteiger charge is -2.48. The van der Waals surface area contributed by atoms with Gasteiger partial charge in [-0.1, -0.05) is 20.8 Å². The molecule has 0 aromatic carbocycles. The van der Waals surface area contributed by atoms with Gasteiger partial charge in [0, 0.05) is 38.1 Å². The molecule has 0 bridgehead atoms. The second kappa shape index (κ2) is 17.8. The maximum Gasteiger partial charge on any atom is 0.311 e. The third kappa shape index (κ3) is 10.0. The van der Waals surface area contributed by atoms with Gasteiger partial charge in [0.1, 0.15) is 30.0 Å². The van der Waals surface area contributed by atoms with Crippen LogP contribution >= 0.6 is 0 Å². The van der Waals surface area contributed by atoms with Gasteiger partial charge < -0.3 is 63.8 Å². The Morgan fingerprint density at radius 2 is 1.56 bits per heavy atom. The Kier molecular flexibility index (Phi) is 15.6. The number of aliphatic hydroxyl groups excluding tert-OH is 3. The van der Waals surface area contributed by atoms with E-state index in [1.54, 1.807) is 41.5 Å². The number of aliphatic hydroxyl groups is 5. The molecule has 0 aliphatic carbocycles. The molecular weight excluding hydrogens is 676 g/mol. The Morgan fingerprint density at radius 3 is 2.12 bits per heavy atom. The molecule has 3 heterocycles. The molecule has 0 amide bonds. The van der Waals surface area contributed by atoms with Crippen molar-refractivity contribution in [3.05, 3.63) is 0 Å². The third-order valence-electron chi connectivity index (χ3n) is 12.2. The molecule has 0 aromatic rings. The first-order chi connectivity index (χ1) is 23.9. The number of hydrogen-bond donors (Lipinski definition) is 5.